The number of nitrogens with one attached hydrogen (secondary N) is 2. The Balaban J connectivity index is 1.55. The van der Waals surface area contributed by atoms with E-state index in [4.69, 9.17) is 4.52 Å². The minimum Gasteiger partial charge on any atom is -0.342 e. The van der Waals surface area contributed by atoms with E-state index >= 15 is 0 Å². The molecule has 9 nitrogen and oxygen atoms in total. The summed E-state index contributed by atoms with van der Waals surface area (Å²) in [6.07, 6.45) is 2.41. The second kappa shape index (κ2) is 5.84. The van der Waals surface area contributed by atoms with Gasteiger partial charge < -0.3 is 9.84 Å². The lowest BCUT2D eigenvalue weighted by Gasteiger charge is -2.12. The lowest BCUT2D eigenvalue weighted by atomic mass is 10.0. The first-order valence-corrected chi connectivity index (χ1v) is 7.74. The summed E-state index contributed by atoms with van der Waals surface area (Å²) < 4.78 is 5.16. The van der Waals surface area contributed by atoms with Crippen molar-refractivity contribution in [1.82, 2.24) is 36.1 Å². The van der Waals surface area contributed by atoms with Gasteiger partial charge in [-0.15, -0.1) is 10.2 Å². The molecule has 1 aliphatic rings. The van der Waals surface area contributed by atoms with Gasteiger partial charge in [0.25, 0.3) is 11.7 Å². The average molecular weight is 325 g/mol. The second-order valence-electron chi connectivity index (χ2n) is 5.58. The van der Waals surface area contributed by atoms with Gasteiger partial charge in [-0.1, -0.05) is 24.2 Å². The van der Waals surface area contributed by atoms with Crippen molar-refractivity contribution >= 4 is 5.91 Å². The maximum absolute atomic E-state index is 12.1. The maximum Gasteiger partial charge on any atom is 0.293 e. The molecule has 2 aromatic heterocycles. The van der Waals surface area contributed by atoms with Gasteiger partial charge in [-0.25, -0.2) is 0 Å². The number of benzene rings is 1. The van der Waals surface area contributed by atoms with Crippen LogP contribution in [-0.2, 0) is 12.8 Å². The number of aromatic nitrogens is 6. The molecule has 3 aromatic rings. The molecule has 0 radical (unpaired) electrons. The molecule has 0 unspecified atom stereocenters. The largest absolute Gasteiger partial charge is 0.342 e. The number of tetrazole rings is 1. The molecule has 1 amide bonds. The molecule has 1 aromatic carbocycles. The molecule has 122 valence electrons. The molecule has 0 aliphatic heterocycles. The van der Waals surface area contributed by atoms with E-state index in [0.29, 0.717) is 18.1 Å². The number of amides is 1. The van der Waals surface area contributed by atoms with E-state index in [1.54, 1.807) is 0 Å². The highest BCUT2D eigenvalue weighted by Crippen LogP contribution is 2.33. The first-order valence-electron chi connectivity index (χ1n) is 7.74. The second-order valence-corrected chi connectivity index (χ2v) is 5.58. The minimum atomic E-state index is -0.337. The Hall–Kier alpha value is -3.10. The number of carbonyl (C=O) groups is 1. The molecule has 0 saturated heterocycles. The number of hydrogen-bond acceptors (Lipinski definition) is 7. The Morgan fingerprint density at radius 3 is 3.12 bits per heavy atom. The van der Waals surface area contributed by atoms with Gasteiger partial charge in [0.2, 0.25) is 11.7 Å². The smallest absolute Gasteiger partial charge is 0.293 e. The number of carbonyl (C=O) groups excluding carboxylic acids is 1. The fraction of sp³-hybridized carbons (Fsp3) is 0.333. The predicted octanol–water partition coefficient (Wildman–Crippen LogP) is 1.23. The fourth-order valence-electron chi connectivity index (χ4n) is 2.90. The van der Waals surface area contributed by atoms with E-state index in [1.165, 1.54) is 5.56 Å². The zero-order valence-electron chi connectivity index (χ0n) is 13.0. The molecule has 24 heavy (non-hydrogen) atoms. The standard InChI is InChI=1S/C15H15N7O2/c1-2-12-17-13(20-24-12)9-3-5-10-8(7-9)4-6-11(10)16-15(23)14-18-21-22-19-14/h3,5,7,11H,2,4,6H2,1H3,(H,16,23)(H,18,19,21,22)/t11-/m1/s1. The number of rotatable bonds is 4. The molecule has 1 atom stereocenters. The predicted molar refractivity (Wildman–Crippen MR) is 81.8 cm³/mol. The summed E-state index contributed by atoms with van der Waals surface area (Å²) in [7, 11) is 0. The van der Waals surface area contributed by atoms with Crippen LogP contribution in [0.4, 0.5) is 0 Å². The van der Waals surface area contributed by atoms with E-state index in [1.807, 2.05) is 19.1 Å². The van der Waals surface area contributed by atoms with Crippen molar-refractivity contribution in [3.8, 4) is 11.4 Å². The first kappa shape index (κ1) is 14.5. The van der Waals surface area contributed by atoms with Crippen LogP contribution in [0.15, 0.2) is 22.7 Å². The van der Waals surface area contributed by atoms with Crippen LogP contribution in [0.1, 0.15) is 47.0 Å². The van der Waals surface area contributed by atoms with Crippen LogP contribution in [0, 0.1) is 0 Å². The molecule has 9 heteroatoms. The number of nitrogens with zero attached hydrogens (tertiary/aromatic N) is 5. The van der Waals surface area contributed by atoms with E-state index < -0.39 is 0 Å². The summed E-state index contributed by atoms with van der Waals surface area (Å²) in [6.45, 7) is 1.97. The highest BCUT2D eigenvalue weighted by molar-refractivity contribution is 5.90. The Labute approximate surface area is 136 Å². The van der Waals surface area contributed by atoms with Crippen molar-refractivity contribution in [3.05, 3.63) is 41.0 Å². The summed E-state index contributed by atoms with van der Waals surface area (Å²) in [4.78, 5) is 16.4. The average Bonchev–Trinajstić information content (AvgIpc) is 3.35. The van der Waals surface area contributed by atoms with Crippen molar-refractivity contribution in [2.75, 3.05) is 0 Å². The summed E-state index contributed by atoms with van der Waals surface area (Å²) >= 11 is 0. The molecule has 4 rings (SSSR count). The lowest BCUT2D eigenvalue weighted by Crippen LogP contribution is -2.28. The van der Waals surface area contributed by atoms with Gasteiger partial charge in [0.1, 0.15) is 0 Å². The number of H-pyrrole nitrogens is 1. The van der Waals surface area contributed by atoms with Crippen LogP contribution < -0.4 is 5.32 Å². The van der Waals surface area contributed by atoms with Crippen LogP contribution in [-0.4, -0.2) is 36.7 Å². The van der Waals surface area contributed by atoms with E-state index in [-0.39, 0.29) is 17.8 Å². The van der Waals surface area contributed by atoms with E-state index in [9.17, 15) is 4.79 Å². The number of hydrogen-bond donors (Lipinski definition) is 2. The van der Waals surface area contributed by atoms with Crippen molar-refractivity contribution in [3.63, 3.8) is 0 Å². The van der Waals surface area contributed by atoms with Crippen molar-refractivity contribution in [2.24, 2.45) is 0 Å². The topological polar surface area (TPSA) is 122 Å². The third kappa shape index (κ3) is 2.53. The summed E-state index contributed by atoms with van der Waals surface area (Å²) in [6, 6.07) is 5.94. The Kier molecular flexibility index (Phi) is 3.52. The quantitative estimate of drug-likeness (QED) is 0.739. The van der Waals surface area contributed by atoms with Gasteiger partial charge in [-0.3, -0.25) is 4.79 Å². The molecular weight excluding hydrogens is 310 g/mol. The number of aromatic amines is 1. The SMILES string of the molecule is CCc1nc(-c2ccc3c(c2)CC[C@H]3NC(=O)c2nn[nH]n2)no1. The van der Waals surface area contributed by atoms with Gasteiger partial charge in [0, 0.05) is 12.0 Å². The number of fused-ring (bicyclic) bond motifs is 1. The Bertz CT molecular complexity index is 872. The Morgan fingerprint density at radius 1 is 1.46 bits per heavy atom. The Morgan fingerprint density at radius 2 is 2.38 bits per heavy atom. The van der Waals surface area contributed by atoms with E-state index in [0.717, 1.165) is 24.0 Å². The molecule has 0 saturated carbocycles. The van der Waals surface area contributed by atoms with Crippen LogP contribution in [0.2, 0.25) is 0 Å². The minimum absolute atomic E-state index is 0.0407. The van der Waals surface area contributed by atoms with Gasteiger partial charge >= 0.3 is 0 Å². The summed E-state index contributed by atoms with van der Waals surface area (Å²) in [5.41, 5.74) is 3.19. The molecule has 0 fully saturated rings. The normalized spacial score (nSPS) is 16.1. The van der Waals surface area contributed by atoms with Crippen LogP contribution in [0.3, 0.4) is 0 Å². The van der Waals surface area contributed by atoms with Crippen molar-refractivity contribution in [2.45, 2.75) is 32.2 Å². The highest BCUT2D eigenvalue weighted by Gasteiger charge is 2.26. The summed E-state index contributed by atoms with van der Waals surface area (Å²) in [5, 5.41) is 20.0. The van der Waals surface area contributed by atoms with Crippen LogP contribution in [0.25, 0.3) is 11.4 Å². The molecule has 2 heterocycles. The van der Waals surface area contributed by atoms with Crippen LogP contribution in [0.5, 0.6) is 0 Å². The van der Waals surface area contributed by atoms with Gasteiger partial charge in [-0.2, -0.15) is 10.2 Å². The maximum atomic E-state index is 12.1. The molecule has 2 N–H and O–H groups in total. The molecule has 0 spiro atoms. The van der Waals surface area contributed by atoms with Crippen LogP contribution >= 0.6 is 0 Å². The third-order valence-corrected chi connectivity index (χ3v) is 4.10. The zero-order valence-corrected chi connectivity index (χ0v) is 13.0. The summed E-state index contributed by atoms with van der Waals surface area (Å²) in [5.74, 6) is 0.917. The highest BCUT2D eigenvalue weighted by atomic mass is 16.5. The lowest BCUT2D eigenvalue weighted by molar-refractivity contribution is 0.0926. The van der Waals surface area contributed by atoms with Gasteiger partial charge in [0.05, 0.1) is 6.04 Å². The van der Waals surface area contributed by atoms with Gasteiger partial charge in [0.15, 0.2) is 0 Å². The fourth-order valence-corrected chi connectivity index (χ4v) is 2.90. The zero-order chi connectivity index (χ0) is 16.5. The van der Waals surface area contributed by atoms with Gasteiger partial charge in [-0.05, 0) is 35.2 Å². The monoisotopic (exact) mass is 325 g/mol. The van der Waals surface area contributed by atoms with Crippen molar-refractivity contribution < 1.29 is 9.32 Å². The van der Waals surface area contributed by atoms with E-state index in [2.05, 4.69) is 42.1 Å². The first-order chi connectivity index (χ1) is 11.7. The number of aryl methyl sites for hydroxylation is 2. The molecular formula is C15H15N7O2. The van der Waals surface area contributed by atoms with Crippen molar-refractivity contribution in [1.29, 1.82) is 0 Å². The molecule has 1 aliphatic carbocycles. The molecule has 0 bridgehead atoms. The third-order valence-electron chi connectivity index (χ3n) is 4.10.